The number of nitro groups is 1. The minimum absolute atomic E-state index is 0.00192. The molecule has 1 saturated heterocycles. The molecular weight excluding hydrogens is 820 g/mol. The van der Waals surface area contributed by atoms with Gasteiger partial charge in [0, 0.05) is 46.5 Å². The van der Waals surface area contributed by atoms with Crippen LogP contribution in [-0.4, -0.2) is 54.7 Å². The number of nitrogens with two attached hydrogens (primary N) is 1. The van der Waals surface area contributed by atoms with Crippen LogP contribution in [0.2, 0.25) is 4.34 Å². The maximum atomic E-state index is 14.1. The van der Waals surface area contributed by atoms with E-state index in [1.807, 2.05) is 91.0 Å². The Kier molecular flexibility index (Phi) is 11.8. The van der Waals surface area contributed by atoms with E-state index in [1.54, 1.807) is 0 Å². The second kappa shape index (κ2) is 16.9. The summed E-state index contributed by atoms with van der Waals surface area (Å²) in [5.41, 5.74) is 6.87. The van der Waals surface area contributed by atoms with Gasteiger partial charge in [-0.05, 0) is 17.7 Å². The molecule has 13 nitrogen and oxygen atoms in total. The second-order valence-electron chi connectivity index (χ2n) is 12.1. The Morgan fingerprint density at radius 2 is 1.54 bits per heavy atom. The third-order valence-corrected chi connectivity index (χ3v) is 12.3. The van der Waals surface area contributed by atoms with E-state index in [1.165, 1.54) is 40.9 Å². The number of anilines is 1. The molecule has 1 aromatic heterocycles. The van der Waals surface area contributed by atoms with Crippen LogP contribution in [0.15, 0.2) is 131 Å². The van der Waals surface area contributed by atoms with Gasteiger partial charge in [-0.2, -0.15) is 0 Å². The van der Waals surface area contributed by atoms with E-state index in [-0.39, 0.29) is 49.6 Å². The average Bonchev–Trinajstić information content (AvgIpc) is 3.56. The van der Waals surface area contributed by atoms with Crippen molar-refractivity contribution in [1.29, 1.82) is 0 Å². The standard InChI is InChI=1S/C38H28Cl2N6O7S3/c39-27-21-54-34-30(33(47)45(34)31(27)35(48)52-20-22-16-18-26(19-17-22)46(50)51)44-56-36(49)29(28-32(40)55-37(41)42-28)43-53-38(23-10-4-1-5-11-23,24-12-6-2-7-13-24)25-14-8-3-9-15-25/h1-19,30,34,44H,20-21H2,(H2,41,42)/b43-29+. The number of hydrogen-bond donors (Lipinski definition) is 2. The number of hydrogen-bond acceptors (Lipinski definition) is 14. The molecule has 0 saturated carbocycles. The van der Waals surface area contributed by atoms with Crippen molar-refractivity contribution in [2.24, 2.45) is 5.16 Å². The van der Waals surface area contributed by atoms with Gasteiger partial charge in [0.1, 0.15) is 33.7 Å². The third-order valence-electron chi connectivity index (χ3n) is 8.75. The van der Waals surface area contributed by atoms with E-state index in [4.69, 9.17) is 38.5 Å². The summed E-state index contributed by atoms with van der Waals surface area (Å²) in [6.45, 7) is -0.204. The first-order valence-corrected chi connectivity index (χ1v) is 20.1. The number of thiazole rings is 1. The number of aromatic nitrogens is 1. The van der Waals surface area contributed by atoms with Crippen LogP contribution in [0.25, 0.3) is 0 Å². The summed E-state index contributed by atoms with van der Waals surface area (Å²) in [6, 6.07) is 32.9. The Balaban J connectivity index is 1.13. The number of nitrogen functional groups attached to an aromatic ring is 1. The van der Waals surface area contributed by atoms with Crippen molar-refractivity contribution >= 4 is 91.8 Å². The zero-order valence-corrected chi connectivity index (χ0v) is 32.7. The molecule has 0 radical (unpaired) electrons. The molecule has 7 rings (SSSR count). The Morgan fingerprint density at radius 1 is 0.964 bits per heavy atom. The molecule has 0 aliphatic carbocycles. The normalized spacial score (nSPS) is 16.9. The number of nitro benzene ring substituents is 1. The molecule has 1 fully saturated rings. The van der Waals surface area contributed by atoms with Crippen LogP contribution < -0.4 is 10.5 Å². The molecule has 3 N–H and O–H groups in total. The quantitative estimate of drug-likeness (QED) is 0.0231. The fraction of sp³-hybridized carbons (Fsp3) is 0.132. The van der Waals surface area contributed by atoms with Gasteiger partial charge < -0.3 is 15.3 Å². The molecule has 4 aromatic carbocycles. The minimum Gasteiger partial charge on any atom is -0.456 e. The van der Waals surface area contributed by atoms with Gasteiger partial charge in [0.2, 0.25) is 11.5 Å². The van der Waals surface area contributed by atoms with Crippen LogP contribution in [0.4, 0.5) is 10.8 Å². The lowest BCUT2D eigenvalue weighted by atomic mass is 9.80. The van der Waals surface area contributed by atoms with Crippen LogP contribution in [0.1, 0.15) is 27.9 Å². The van der Waals surface area contributed by atoms with Gasteiger partial charge in [-0.25, -0.2) is 14.5 Å². The number of halogens is 2. The van der Waals surface area contributed by atoms with E-state index < -0.39 is 38.9 Å². The SMILES string of the molecule is Nc1nc(/C(=N\OC(c2ccccc2)(c2ccccc2)c2ccccc2)C(=O)SNC2C(=O)N3C(C(=O)OCc4ccc([N+](=O)[O-])cc4)=C(Cl)CSC23)c(Cl)s1. The van der Waals surface area contributed by atoms with E-state index in [9.17, 15) is 24.5 Å². The number of thioether (sulfide) groups is 1. The molecule has 2 unspecified atom stereocenters. The largest absolute Gasteiger partial charge is 0.456 e. The number of rotatable bonds is 13. The maximum Gasteiger partial charge on any atom is 0.356 e. The van der Waals surface area contributed by atoms with Crippen LogP contribution in [0.3, 0.4) is 0 Å². The number of benzene rings is 4. The van der Waals surface area contributed by atoms with Crippen LogP contribution >= 0.6 is 58.2 Å². The number of β-lactam (4-membered cyclic amide) rings is 1. The lowest BCUT2D eigenvalue weighted by Gasteiger charge is -2.48. The molecule has 2 atom stereocenters. The van der Waals surface area contributed by atoms with Crippen molar-refractivity contribution in [1.82, 2.24) is 14.6 Å². The van der Waals surface area contributed by atoms with Crippen LogP contribution in [-0.2, 0) is 36.2 Å². The first kappa shape index (κ1) is 39.0. The predicted octanol–water partition coefficient (Wildman–Crippen LogP) is 7.24. The van der Waals surface area contributed by atoms with Gasteiger partial charge in [-0.1, -0.05) is 131 Å². The molecule has 5 aromatic rings. The van der Waals surface area contributed by atoms with Crippen LogP contribution in [0, 0.1) is 10.1 Å². The third kappa shape index (κ3) is 7.76. The number of ether oxygens (including phenoxy) is 1. The lowest BCUT2D eigenvalue weighted by Crippen LogP contribution is -2.68. The first-order chi connectivity index (χ1) is 27.1. The Bertz CT molecular complexity index is 2250. The van der Waals surface area contributed by atoms with Gasteiger partial charge in [0.05, 0.1) is 9.96 Å². The van der Waals surface area contributed by atoms with Gasteiger partial charge in [0.25, 0.3) is 10.8 Å². The summed E-state index contributed by atoms with van der Waals surface area (Å²) in [6.07, 6.45) is 0. The van der Waals surface area contributed by atoms with Crippen molar-refractivity contribution in [3.05, 3.63) is 168 Å². The summed E-state index contributed by atoms with van der Waals surface area (Å²) in [5.74, 6) is -1.16. The zero-order chi connectivity index (χ0) is 39.4. The lowest BCUT2D eigenvalue weighted by molar-refractivity contribution is -0.384. The predicted molar refractivity (Wildman–Crippen MR) is 217 cm³/mol. The smallest absolute Gasteiger partial charge is 0.356 e. The molecule has 0 spiro atoms. The summed E-state index contributed by atoms with van der Waals surface area (Å²) in [4.78, 5) is 63.4. The topological polar surface area (TPSA) is 179 Å². The van der Waals surface area contributed by atoms with Crippen molar-refractivity contribution < 1.29 is 28.9 Å². The number of nitrogens with zero attached hydrogens (tertiary/aromatic N) is 4. The zero-order valence-electron chi connectivity index (χ0n) is 28.7. The second-order valence-corrected chi connectivity index (χ2v) is 16.1. The van der Waals surface area contributed by atoms with E-state index >= 15 is 0 Å². The van der Waals surface area contributed by atoms with Gasteiger partial charge in [-0.3, -0.25) is 24.6 Å². The van der Waals surface area contributed by atoms with Crippen molar-refractivity contribution in [3.63, 3.8) is 0 Å². The van der Waals surface area contributed by atoms with Gasteiger partial charge >= 0.3 is 5.97 Å². The first-order valence-electron chi connectivity index (χ1n) is 16.6. The molecule has 18 heteroatoms. The molecule has 3 heterocycles. The van der Waals surface area contributed by atoms with Gasteiger partial charge in [-0.15, -0.1) is 11.8 Å². The minimum atomic E-state index is -1.33. The summed E-state index contributed by atoms with van der Waals surface area (Å²) in [5, 5.41) is 14.4. The van der Waals surface area contributed by atoms with Crippen molar-refractivity contribution in [2.75, 3.05) is 11.5 Å². The fourth-order valence-electron chi connectivity index (χ4n) is 6.08. The van der Waals surface area contributed by atoms with Crippen molar-refractivity contribution in [3.8, 4) is 0 Å². The number of nitrogens with one attached hydrogen (secondary N) is 1. The molecule has 0 bridgehead atoms. The molecule has 2 aliphatic rings. The molecule has 284 valence electrons. The van der Waals surface area contributed by atoms with Gasteiger partial charge in [0.15, 0.2) is 10.8 Å². The highest BCUT2D eigenvalue weighted by atomic mass is 35.5. The summed E-state index contributed by atoms with van der Waals surface area (Å²) in [7, 11) is 0. The number of fused-ring (bicyclic) bond motifs is 1. The Hall–Kier alpha value is -5.23. The summed E-state index contributed by atoms with van der Waals surface area (Å²) >= 11 is 15.8. The highest BCUT2D eigenvalue weighted by Gasteiger charge is 2.54. The van der Waals surface area contributed by atoms with Crippen molar-refractivity contribution in [2.45, 2.75) is 23.6 Å². The van der Waals surface area contributed by atoms with Crippen LogP contribution in [0.5, 0.6) is 0 Å². The van der Waals surface area contributed by atoms with E-state index in [2.05, 4.69) is 14.9 Å². The summed E-state index contributed by atoms with van der Waals surface area (Å²) < 4.78 is 8.46. The number of non-ortho nitro benzene ring substituents is 1. The number of oxime groups is 1. The molecule has 2 aliphatic heterocycles. The molecular formula is C38H28Cl2N6O7S3. The monoisotopic (exact) mass is 846 g/mol. The number of esters is 1. The highest BCUT2D eigenvalue weighted by molar-refractivity contribution is 8.14. The van der Waals surface area contributed by atoms with E-state index in [0.717, 1.165) is 28.0 Å². The maximum absolute atomic E-state index is 14.1. The highest BCUT2D eigenvalue weighted by Crippen LogP contribution is 2.43. The Labute approximate surface area is 342 Å². The molecule has 56 heavy (non-hydrogen) atoms. The number of carbonyl (C=O) groups excluding carboxylic acids is 3. The molecule has 1 amide bonds. The fourth-order valence-corrected chi connectivity index (χ4v) is 9.33. The number of carbonyl (C=O) groups is 3. The number of amides is 1. The van der Waals surface area contributed by atoms with E-state index in [0.29, 0.717) is 17.5 Å². The Morgan fingerprint density at radius 3 is 2.05 bits per heavy atom. The average molecular weight is 848 g/mol.